The van der Waals surface area contributed by atoms with Crippen LogP contribution in [0.15, 0.2) is 52.5 Å². The number of allylic oxidation sites excluding steroid dienone is 3. The first-order chi connectivity index (χ1) is 11.5. The Hall–Kier alpha value is -1.96. The second-order valence-corrected chi connectivity index (χ2v) is 6.98. The van der Waals surface area contributed by atoms with Crippen LogP contribution in [0.1, 0.15) is 31.2 Å². The molecule has 6 N–H and O–H groups in total. The molecular weight excluding hydrogens is 349 g/mol. The number of nitrogens with zero attached hydrogens (tertiary/aromatic N) is 1. The molecule has 8 nitrogen and oxygen atoms in total. The lowest BCUT2D eigenvalue weighted by molar-refractivity contribution is -0.143. The summed E-state index contributed by atoms with van der Waals surface area (Å²) in [6, 6.07) is 5.97. The summed E-state index contributed by atoms with van der Waals surface area (Å²) >= 11 is 0. The van der Waals surface area contributed by atoms with E-state index in [9.17, 15) is 25.0 Å². The predicted octanol–water partition coefficient (Wildman–Crippen LogP) is 1.87. The Morgan fingerprint density at radius 2 is 1.92 bits per heavy atom. The average Bonchev–Trinajstić information content (AvgIpc) is 2.45. The summed E-state index contributed by atoms with van der Waals surface area (Å²) in [5.41, 5.74) is -0.0940. The molecule has 0 aromatic heterocycles. The molecule has 2 rings (SSSR count). The fraction of sp³-hybridized carbons (Fsp3) is 0.312. The maximum absolute atomic E-state index is 11.2. The molecule has 1 aromatic carbocycles. The van der Waals surface area contributed by atoms with Gasteiger partial charge in [0.2, 0.25) is 0 Å². The van der Waals surface area contributed by atoms with E-state index in [2.05, 4.69) is 4.76 Å². The molecule has 0 bridgehead atoms. The van der Waals surface area contributed by atoms with E-state index in [4.69, 9.17) is 9.79 Å². The van der Waals surface area contributed by atoms with Gasteiger partial charge in [-0.2, -0.15) is 4.76 Å². The van der Waals surface area contributed by atoms with Crippen LogP contribution in [0.25, 0.3) is 0 Å². The molecule has 0 spiro atoms. The van der Waals surface area contributed by atoms with Crippen LogP contribution in [-0.4, -0.2) is 41.7 Å². The molecule has 9 heteroatoms. The first kappa shape index (κ1) is 19.4. The van der Waals surface area contributed by atoms with Crippen molar-refractivity contribution >= 4 is 13.5 Å². The smallest absolute Gasteiger partial charge is 0.448 e. The maximum Gasteiger partial charge on any atom is 0.448 e. The number of aliphatic hydroxyl groups excluding tert-OH is 1. The number of rotatable bonds is 5. The highest BCUT2D eigenvalue weighted by Crippen LogP contribution is 2.42. The van der Waals surface area contributed by atoms with Gasteiger partial charge in [0.05, 0.1) is 11.5 Å². The van der Waals surface area contributed by atoms with Gasteiger partial charge >= 0.3 is 7.75 Å². The Kier molecular flexibility index (Phi) is 5.51. The number of hydrogen-bond acceptors (Lipinski definition) is 5. The lowest BCUT2D eigenvalue weighted by atomic mass is 9.80. The Morgan fingerprint density at radius 3 is 2.48 bits per heavy atom. The van der Waals surface area contributed by atoms with Crippen molar-refractivity contribution in [1.29, 1.82) is 0 Å². The third-order valence-corrected chi connectivity index (χ3v) is 4.42. The number of hydrogen-bond donors (Lipinski definition) is 6. The lowest BCUT2D eigenvalue weighted by Crippen LogP contribution is -2.41. The maximum atomic E-state index is 11.2. The normalized spacial score (nSPS) is 18.7. The Bertz CT molecular complexity index is 791. The summed E-state index contributed by atoms with van der Waals surface area (Å²) in [7, 11) is -4.84. The van der Waals surface area contributed by atoms with Crippen LogP contribution in [-0.2, 0) is 4.57 Å². The van der Waals surface area contributed by atoms with Crippen LogP contribution in [0.2, 0.25) is 0 Å². The Balaban J connectivity index is 2.54. The van der Waals surface area contributed by atoms with Gasteiger partial charge < -0.3 is 30.2 Å². The minimum absolute atomic E-state index is 0.0500. The highest BCUT2D eigenvalue weighted by molar-refractivity contribution is 7.50. The summed E-state index contributed by atoms with van der Waals surface area (Å²) in [6.45, 7) is 1.70. The van der Waals surface area contributed by atoms with Gasteiger partial charge in [-0.25, -0.2) is 4.57 Å². The van der Waals surface area contributed by atoms with Crippen LogP contribution in [0, 0.1) is 0 Å². The summed E-state index contributed by atoms with van der Waals surface area (Å²) < 4.78 is 14.5. The number of phenols is 1. The van der Waals surface area contributed by atoms with Crippen molar-refractivity contribution in [3.8, 4) is 5.75 Å². The van der Waals surface area contributed by atoms with Crippen LogP contribution in [0.5, 0.6) is 5.75 Å². The van der Waals surface area contributed by atoms with Crippen LogP contribution >= 0.6 is 7.75 Å². The quantitative estimate of drug-likeness (QED) is 0.342. The molecule has 136 valence electrons. The molecule has 0 amide bonds. The molecule has 0 saturated heterocycles. The molecule has 25 heavy (non-hydrogen) atoms. The second-order valence-electron chi connectivity index (χ2n) is 5.76. The van der Waals surface area contributed by atoms with E-state index in [1.807, 2.05) is 0 Å². The van der Waals surface area contributed by atoms with Gasteiger partial charge in [-0.1, -0.05) is 19.1 Å². The van der Waals surface area contributed by atoms with E-state index in [0.29, 0.717) is 5.56 Å². The molecule has 0 radical (unpaired) electrons. The highest BCUT2D eigenvalue weighted by atomic mass is 31.2. The molecule has 1 aromatic rings. The topological polar surface area (TPSA) is 151 Å². The summed E-state index contributed by atoms with van der Waals surface area (Å²) in [4.78, 5) is 18.2. The van der Waals surface area contributed by atoms with Gasteiger partial charge in [0.15, 0.2) is 5.79 Å². The third kappa shape index (κ3) is 4.56. The standard InChI is InChI=1S/C16H20NO7P/c1-2-13(10-4-3-5-11(18)8-10)16(20,21)14-7-6-12(19)9-15(14)17-25(22,23)24/h3-8,13,18-21H,2,9H2,1H3,(H2,22,23,24). The third-order valence-electron chi connectivity index (χ3n) is 3.92. The van der Waals surface area contributed by atoms with Gasteiger partial charge in [-0.15, -0.1) is 0 Å². The van der Waals surface area contributed by atoms with Crippen molar-refractivity contribution in [3.05, 3.63) is 53.3 Å². The van der Waals surface area contributed by atoms with Crippen molar-refractivity contribution in [2.75, 3.05) is 0 Å². The molecule has 1 aliphatic carbocycles. The summed E-state index contributed by atoms with van der Waals surface area (Å²) in [5.74, 6) is -3.68. The number of aromatic hydroxyl groups is 1. The molecular formula is C16H20NO7P. The average molecular weight is 369 g/mol. The molecule has 0 saturated carbocycles. The largest absolute Gasteiger partial charge is 0.512 e. The highest BCUT2D eigenvalue weighted by Gasteiger charge is 2.41. The number of benzene rings is 1. The lowest BCUT2D eigenvalue weighted by Gasteiger charge is -2.34. The fourth-order valence-electron chi connectivity index (χ4n) is 2.86. The van der Waals surface area contributed by atoms with Crippen molar-refractivity contribution in [2.45, 2.75) is 31.5 Å². The van der Waals surface area contributed by atoms with Crippen LogP contribution in [0.3, 0.4) is 0 Å². The first-order valence-electron chi connectivity index (χ1n) is 7.53. The zero-order valence-electron chi connectivity index (χ0n) is 13.4. The Labute approximate surface area is 144 Å². The van der Waals surface area contributed by atoms with Gasteiger partial charge in [0.25, 0.3) is 0 Å². The van der Waals surface area contributed by atoms with E-state index < -0.39 is 19.5 Å². The second kappa shape index (κ2) is 7.11. The van der Waals surface area contributed by atoms with Crippen LogP contribution in [0.4, 0.5) is 0 Å². The molecule has 0 aliphatic heterocycles. The summed E-state index contributed by atoms with van der Waals surface area (Å²) in [6.07, 6.45) is 2.30. The minimum atomic E-state index is -4.84. The van der Waals surface area contributed by atoms with Crippen molar-refractivity contribution < 1.29 is 34.8 Å². The van der Waals surface area contributed by atoms with Gasteiger partial charge in [0, 0.05) is 17.9 Å². The molecule has 0 heterocycles. The van der Waals surface area contributed by atoms with E-state index in [-0.39, 0.29) is 35.6 Å². The van der Waals surface area contributed by atoms with E-state index >= 15 is 0 Å². The molecule has 1 aliphatic rings. The fourth-order valence-corrected chi connectivity index (χ4v) is 3.36. The number of aliphatic hydroxyl groups is 3. The van der Waals surface area contributed by atoms with Gasteiger partial charge in [0.1, 0.15) is 5.75 Å². The summed E-state index contributed by atoms with van der Waals surface area (Å²) in [5, 5.41) is 40.7. The first-order valence-corrected chi connectivity index (χ1v) is 9.10. The molecule has 1 atom stereocenters. The minimum Gasteiger partial charge on any atom is -0.512 e. The number of phenolic OH excluding ortho intramolecular Hbond substituents is 1. The zero-order chi connectivity index (χ0) is 18.8. The van der Waals surface area contributed by atoms with E-state index in [1.54, 1.807) is 19.1 Å². The van der Waals surface area contributed by atoms with Crippen molar-refractivity contribution in [2.24, 2.45) is 4.76 Å². The van der Waals surface area contributed by atoms with Crippen molar-refractivity contribution in [1.82, 2.24) is 0 Å². The SMILES string of the molecule is CCC(c1cccc(O)c1)C(O)(O)C1=CC=C(O)CC1=NP(=O)(O)O. The van der Waals surface area contributed by atoms with Gasteiger partial charge in [-0.05, 0) is 36.3 Å². The monoisotopic (exact) mass is 369 g/mol. The van der Waals surface area contributed by atoms with E-state index in [1.165, 1.54) is 24.3 Å². The zero-order valence-corrected chi connectivity index (χ0v) is 14.3. The Morgan fingerprint density at radius 1 is 1.24 bits per heavy atom. The molecule has 0 fully saturated rings. The van der Waals surface area contributed by atoms with Crippen molar-refractivity contribution in [3.63, 3.8) is 0 Å². The van der Waals surface area contributed by atoms with Crippen LogP contribution < -0.4 is 0 Å². The molecule has 1 unspecified atom stereocenters. The predicted molar refractivity (Wildman–Crippen MR) is 91.2 cm³/mol. The van der Waals surface area contributed by atoms with Gasteiger partial charge in [-0.3, -0.25) is 0 Å². The van der Waals surface area contributed by atoms with E-state index in [0.717, 1.165) is 0 Å².